The summed E-state index contributed by atoms with van der Waals surface area (Å²) in [7, 11) is 0. The Labute approximate surface area is 112 Å². The lowest BCUT2D eigenvalue weighted by atomic mass is 10.2. The van der Waals surface area contributed by atoms with Gasteiger partial charge in [0.25, 0.3) is 0 Å². The van der Waals surface area contributed by atoms with Gasteiger partial charge in [-0.25, -0.2) is 0 Å². The maximum Gasteiger partial charge on any atom is 0.249 e. The van der Waals surface area contributed by atoms with Crippen molar-refractivity contribution in [3.63, 3.8) is 0 Å². The second kappa shape index (κ2) is 6.89. The summed E-state index contributed by atoms with van der Waals surface area (Å²) in [5, 5.41) is 5.34. The number of hydrogen-bond donors (Lipinski definition) is 2. The number of rotatable bonds is 5. The fourth-order valence-electron chi connectivity index (χ4n) is 1.92. The van der Waals surface area contributed by atoms with Crippen molar-refractivity contribution < 1.29 is 14.3 Å². The summed E-state index contributed by atoms with van der Waals surface area (Å²) in [5.74, 6) is -0.400. The zero-order valence-electron chi connectivity index (χ0n) is 10.7. The van der Waals surface area contributed by atoms with E-state index in [-0.39, 0.29) is 24.5 Å². The highest BCUT2D eigenvalue weighted by atomic mass is 16.5. The maximum absolute atomic E-state index is 11.6. The molecule has 1 aliphatic heterocycles. The van der Waals surface area contributed by atoms with Gasteiger partial charge in [0, 0.05) is 13.2 Å². The van der Waals surface area contributed by atoms with Crippen LogP contribution in [0, 0.1) is 0 Å². The van der Waals surface area contributed by atoms with E-state index in [0.29, 0.717) is 13.2 Å². The van der Waals surface area contributed by atoms with Gasteiger partial charge < -0.3 is 15.4 Å². The standard InChI is InChI=1S/C14H18N2O3/c17-13(15-9-11-5-2-1-3-6-11)10-16-14(18)12-7-4-8-19-12/h1-3,5-6,12H,4,7-10H2,(H,15,17)(H,16,18). The molecule has 1 aromatic carbocycles. The van der Waals surface area contributed by atoms with Gasteiger partial charge in [-0.3, -0.25) is 9.59 Å². The van der Waals surface area contributed by atoms with Crippen LogP contribution in [0.4, 0.5) is 0 Å². The van der Waals surface area contributed by atoms with Gasteiger partial charge in [-0.15, -0.1) is 0 Å². The Bertz CT molecular complexity index is 428. The molecule has 1 unspecified atom stereocenters. The molecular formula is C14H18N2O3. The molecular weight excluding hydrogens is 244 g/mol. The van der Waals surface area contributed by atoms with Crippen LogP contribution in [0.15, 0.2) is 30.3 Å². The van der Waals surface area contributed by atoms with Gasteiger partial charge in [0.2, 0.25) is 11.8 Å². The molecule has 0 radical (unpaired) electrons. The Balaban J connectivity index is 1.65. The number of carbonyl (C=O) groups excluding carboxylic acids is 2. The van der Waals surface area contributed by atoms with Gasteiger partial charge >= 0.3 is 0 Å². The van der Waals surface area contributed by atoms with Gasteiger partial charge in [0.1, 0.15) is 6.10 Å². The van der Waals surface area contributed by atoms with Crippen molar-refractivity contribution in [2.45, 2.75) is 25.5 Å². The molecule has 1 aliphatic rings. The highest BCUT2D eigenvalue weighted by molar-refractivity contribution is 5.86. The third kappa shape index (κ3) is 4.37. The number of benzene rings is 1. The van der Waals surface area contributed by atoms with Crippen molar-refractivity contribution in [3.05, 3.63) is 35.9 Å². The van der Waals surface area contributed by atoms with E-state index in [1.165, 1.54) is 0 Å². The second-order valence-electron chi connectivity index (χ2n) is 4.48. The molecule has 1 atom stereocenters. The minimum absolute atomic E-state index is 0.00841. The Morgan fingerprint density at radius 2 is 2.00 bits per heavy atom. The van der Waals surface area contributed by atoms with Gasteiger partial charge in [-0.1, -0.05) is 30.3 Å². The molecule has 2 amide bonds. The van der Waals surface area contributed by atoms with E-state index in [1.54, 1.807) is 0 Å². The number of carbonyl (C=O) groups is 2. The summed E-state index contributed by atoms with van der Waals surface area (Å²) in [5.41, 5.74) is 1.03. The van der Waals surface area contributed by atoms with Crippen molar-refractivity contribution in [2.75, 3.05) is 13.2 Å². The van der Waals surface area contributed by atoms with Crippen molar-refractivity contribution >= 4 is 11.8 Å². The molecule has 19 heavy (non-hydrogen) atoms. The molecule has 102 valence electrons. The molecule has 2 N–H and O–H groups in total. The van der Waals surface area contributed by atoms with E-state index in [2.05, 4.69) is 10.6 Å². The number of nitrogens with one attached hydrogen (secondary N) is 2. The van der Waals surface area contributed by atoms with Crippen LogP contribution < -0.4 is 10.6 Å². The van der Waals surface area contributed by atoms with Gasteiger partial charge in [-0.05, 0) is 18.4 Å². The highest BCUT2D eigenvalue weighted by Crippen LogP contribution is 2.11. The molecule has 0 bridgehead atoms. The quantitative estimate of drug-likeness (QED) is 0.816. The smallest absolute Gasteiger partial charge is 0.249 e. The van der Waals surface area contributed by atoms with Crippen molar-refractivity contribution in [3.8, 4) is 0 Å². The highest BCUT2D eigenvalue weighted by Gasteiger charge is 2.23. The molecule has 5 heteroatoms. The van der Waals surface area contributed by atoms with Crippen LogP contribution in [0.5, 0.6) is 0 Å². The molecule has 1 aromatic rings. The second-order valence-corrected chi connectivity index (χ2v) is 4.48. The van der Waals surface area contributed by atoms with E-state index < -0.39 is 0 Å². The summed E-state index contributed by atoms with van der Waals surface area (Å²) in [4.78, 5) is 23.2. The minimum Gasteiger partial charge on any atom is -0.368 e. The summed E-state index contributed by atoms with van der Waals surface area (Å²) in [6.45, 7) is 1.08. The van der Waals surface area contributed by atoms with Gasteiger partial charge in [0.15, 0.2) is 0 Å². The van der Waals surface area contributed by atoms with Gasteiger partial charge in [0.05, 0.1) is 6.54 Å². The van der Waals surface area contributed by atoms with Crippen molar-refractivity contribution in [2.24, 2.45) is 0 Å². The van der Waals surface area contributed by atoms with Crippen LogP contribution in [0.2, 0.25) is 0 Å². The average molecular weight is 262 g/mol. The van der Waals surface area contributed by atoms with E-state index in [1.807, 2.05) is 30.3 Å². The van der Waals surface area contributed by atoms with Crippen LogP contribution in [0.1, 0.15) is 18.4 Å². The Morgan fingerprint density at radius 1 is 1.21 bits per heavy atom. The monoisotopic (exact) mass is 262 g/mol. The Morgan fingerprint density at radius 3 is 2.68 bits per heavy atom. The third-order valence-corrected chi connectivity index (χ3v) is 2.98. The van der Waals surface area contributed by atoms with Crippen LogP contribution >= 0.6 is 0 Å². The van der Waals surface area contributed by atoms with Crippen LogP contribution in [-0.4, -0.2) is 31.1 Å². The molecule has 0 saturated carbocycles. The first-order valence-electron chi connectivity index (χ1n) is 6.45. The molecule has 0 aliphatic carbocycles. The maximum atomic E-state index is 11.6. The molecule has 0 aromatic heterocycles. The Hall–Kier alpha value is -1.88. The number of hydrogen-bond acceptors (Lipinski definition) is 3. The summed E-state index contributed by atoms with van der Waals surface area (Å²) in [6.07, 6.45) is 1.25. The summed E-state index contributed by atoms with van der Waals surface area (Å²) in [6, 6.07) is 9.63. The largest absolute Gasteiger partial charge is 0.368 e. The molecule has 5 nitrogen and oxygen atoms in total. The lowest BCUT2D eigenvalue weighted by molar-refractivity contribution is -0.132. The average Bonchev–Trinajstić information content (AvgIpc) is 2.98. The molecule has 1 fully saturated rings. The van der Waals surface area contributed by atoms with E-state index in [9.17, 15) is 9.59 Å². The first kappa shape index (κ1) is 13.5. The molecule has 1 saturated heterocycles. The Kier molecular flexibility index (Phi) is 4.92. The lowest BCUT2D eigenvalue weighted by Gasteiger charge is -2.10. The number of amides is 2. The number of ether oxygens (including phenoxy) is 1. The van der Waals surface area contributed by atoms with E-state index >= 15 is 0 Å². The SMILES string of the molecule is O=C(CNC(=O)C1CCCO1)NCc1ccccc1. The predicted molar refractivity (Wildman–Crippen MR) is 70.3 cm³/mol. The summed E-state index contributed by atoms with van der Waals surface area (Å²) < 4.78 is 5.23. The van der Waals surface area contributed by atoms with Crippen molar-refractivity contribution in [1.82, 2.24) is 10.6 Å². The molecule has 2 rings (SSSR count). The fraction of sp³-hybridized carbons (Fsp3) is 0.429. The van der Waals surface area contributed by atoms with Crippen LogP contribution in [0.3, 0.4) is 0 Å². The summed E-state index contributed by atoms with van der Waals surface area (Å²) >= 11 is 0. The topological polar surface area (TPSA) is 67.4 Å². The molecule has 1 heterocycles. The fourth-order valence-corrected chi connectivity index (χ4v) is 1.92. The minimum atomic E-state index is -0.387. The van der Waals surface area contributed by atoms with Crippen LogP contribution in [0.25, 0.3) is 0 Å². The van der Waals surface area contributed by atoms with E-state index in [0.717, 1.165) is 18.4 Å². The predicted octanol–water partition coefficient (Wildman–Crippen LogP) is 0.598. The normalized spacial score (nSPS) is 18.0. The zero-order valence-corrected chi connectivity index (χ0v) is 10.7. The first-order chi connectivity index (χ1) is 9.25. The van der Waals surface area contributed by atoms with E-state index in [4.69, 9.17) is 4.74 Å². The van der Waals surface area contributed by atoms with Crippen molar-refractivity contribution in [1.29, 1.82) is 0 Å². The van der Waals surface area contributed by atoms with Crippen LogP contribution in [-0.2, 0) is 20.9 Å². The first-order valence-corrected chi connectivity index (χ1v) is 6.45. The lowest BCUT2D eigenvalue weighted by Crippen LogP contribution is -2.41. The zero-order chi connectivity index (χ0) is 13.5. The molecule has 0 spiro atoms. The third-order valence-electron chi connectivity index (χ3n) is 2.98. The van der Waals surface area contributed by atoms with Gasteiger partial charge in [-0.2, -0.15) is 0 Å².